The first-order chi connectivity index (χ1) is 10.3. The fourth-order valence-corrected chi connectivity index (χ4v) is 2.26. The second-order valence-corrected chi connectivity index (χ2v) is 7.90. The van der Waals surface area contributed by atoms with E-state index in [1.54, 1.807) is 20.8 Å². The van der Waals surface area contributed by atoms with Gasteiger partial charge in [-0.15, -0.1) is 0 Å². The quantitative estimate of drug-likeness (QED) is 0.616. The van der Waals surface area contributed by atoms with Gasteiger partial charge in [0.15, 0.2) is 0 Å². The second kappa shape index (κ2) is 9.05. The highest BCUT2D eigenvalue weighted by Gasteiger charge is 2.27. The Hall–Kier alpha value is -1.37. The van der Waals surface area contributed by atoms with Crippen LogP contribution in [0.25, 0.3) is 0 Å². The molecule has 4 N–H and O–H groups in total. The number of alkyl carbamates (subject to hydrolysis) is 1. The Morgan fingerprint density at radius 3 is 2.00 bits per heavy atom. The number of nitrogens with two attached hydrogens (primary N) is 1. The maximum atomic E-state index is 12.0. The van der Waals surface area contributed by atoms with Gasteiger partial charge in [-0.1, -0.05) is 39.9 Å². The molecule has 0 bridgehead atoms. The average Bonchev–Trinajstić information content (AvgIpc) is 2.30. The molecule has 0 saturated heterocycles. The highest BCUT2D eigenvalue weighted by molar-refractivity contribution is 7.80. The van der Waals surface area contributed by atoms with Gasteiger partial charge < -0.3 is 21.1 Å². The van der Waals surface area contributed by atoms with Gasteiger partial charge in [0.2, 0.25) is 5.91 Å². The smallest absolute Gasteiger partial charge is 0.408 e. The summed E-state index contributed by atoms with van der Waals surface area (Å²) in [6, 6.07) is -0.988. The Balaban J connectivity index is 4.98. The number of ether oxygens (including phenoxy) is 1. The zero-order valence-corrected chi connectivity index (χ0v) is 16.0. The number of hydrogen-bond donors (Lipinski definition) is 3. The first-order valence-corrected chi connectivity index (χ1v) is 8.33. The minimum atomic E-state index is -0.588. The summed E-state index contributed by atoms with van der Waals surface area (Å²) in [5, 5.41) is 5.75. The van der Waals surface area contributed by atoms with Crippen LogP contribution in [0.4, 0.5) is 4.79 Å². The molecule has 0 aromatic carbocycles. The number of primary amides is 1. The molecule has 0 aliphatic rings. The third kappa shape index (κ3) is 9.38. The van der Waals surface area contributed by atoms with Gasteiger partial charge in [-0.3, -0.25) is 4.79 Å². The minimum absolute atomic E-state index is 0.00771. The summed E-state index contributed by atoms with van der Waals surface area (Å²) in [5.74, 6) is -0.171. The monoisotopic (exact) mass is 345 g/mol. The molecular formula is C16H31N3O3S. The van der Waals surface area contributed by atoms with Crippen LogP contribution in [0.2, 0.25) is 0 Å². The van der Waals surface area contributed by atoms with Crippen molar-refractivity contribution in [3.8, 4) is 0 Å². The van der Waals surface area contributed by atoms with Crippen molar-refractivity contribution in [3.05, 3.63) is 0 Å². The Morgan fingerprint density at radius 1 is 1.13 bits per heavy atom. The molecule has 0 aromatic rings. The van der Waals surface area contributed by atoms with Crippen molar-refractivity contribution in [2.45, 2.75) is 72.6 Å². The predicted molar refractivity (Wildman–Crippen MR) is 96.2 cm³/mol. The van der Waals surface area contributed by atoms with E-state index in [-0.39, 0.29) is 5.92 Å². The molecule has 0 rings (SSSR count). The summed E-state index contributed by atoms with van der Waals surface area (Å²) in [6.45, 7) is 13.2. The maximum absolute atomic E-state index is 12.0. The van der Waals surface area contributed by atoms with Crippen LogP contribution in [0.5, 0.6) is 0 Å². The van der Waals surface area contributed by atoms with Crippen molar-refractivity contribution < 1.29 is 14.3 Å². The standard InChI is InChI=1S/C16H31N3O3S/c1-9(2)8-11(18-15(21)22-16(5,6)7)14(23)19-12(10(3)4)13(17)20/h9-12H,8H2,1-7H3,(H2,17,20)(H,18,21)(H,19,23)/t11-,12-/m0/s1. The molecule has 0 unspecified atom stereocenters. The molecule has 0 aliphatic carbocycles. The van der Waals surface area contributed by atoms with Crippen LogP contribution in [-0.4, -0.2) is 34.7 Å². The molecule has 0 fully saturated rings. The van der Waals surface area contributed by atoms with Crippen LogP contribution >= 0.6 is 12.2 Å². The second-order valence-electron chi connectivity index (χ2n) is 7.46. The van der Waals surface area contributed by atoms with Gasteiger partial charge in [0.1, 0.15) is 11.6 Å². The number of amides is 2. The molecular weight excluding hydrogens is 314 g/mol. The minimum Gasteiger partial charge on any atom is -0.444 e. The number of nitrogens with one attached hydrogen (secondary N) is 2. The molecule has 23 heavy (non-hydrogen) atoms. The molecule has 0 saturated carbocycles. The van der Waals surface area contributed by atoms with Crippen molar-refractivity contribution in [2.24, 2.45) is 17.6 Å². The van der Waals surface area contributed by atoms with E-state index in [9.17, 15) is 9.59 Å². The number of carbonyl (C=O) groups excluding carboxylic acids is 2. The lowest BCUT2D eigenvalue weighted by atomic mass is 10.0. The van der Waals surface area contributed by atoms with Crippen LogP contribution in [-0.2, 0) is 9.53 Å². The number of thiocarbonyl (C=S) groups is 1. The highest BCUT2D eigenvalue weighted by Crippen LogP contribution is 2.11. The molecule has 0 radical (unpaired) electrons. The van der Waals surface area contributed by atoms with E-state index >= 15 is 0 Å². The number of rotatable bonds is 7. The van der Waals surface area contributed by atoms with Gasteiger partial charge >= 0.3 is 6.09 Å². The van der Waals surface area contributed by atoms with Crippen LogP contribution in [0.1, 0.15) is 54.9 Å². The fourth-order valence-electron chi connectivity index (χ4n) is 1.97. The third-order valence-electron chi connectivity index (χ3n) is 2.99. The van der Waals surface area contributed by atoms with Gasteiger partial charge in [-0.25, -0.2) is 4.79 Å². The lowest BCUT2D eigenvalue weighted by Gasteiger charge is -2.28. The highest BCUT2D eigenvalue weighted by atomic mass is 32.1. The average molecular weight is 346 g/mol. The number of carbonyl (C=O) groups is 2. The normalized spacial score (nSPS) is 14.3. The van der Waals surface area contributed by atoms with E-state index in [2.05, 4.69) is 10.6 Å². The Morgan fingerprint density at radius 2 is 1.65 bits per heavy atom. The van der Waals surface area contributed by atoms with Crippen molar-refractivity contribution in [3.63, 3.8) is 0 Å². The Kier molecular flexibility index (Phi) is 8.52. The third-order valence-corrected chi connectivity index (χ3v) is 3.39. The summed E-state index contributed by atoms with van der Waals surface area (Å²) < 4.78 is 5.27. The molecule has 0 heterocycles. The van der Waals surface area contributed by atoms with E-state index in [0.29, 0.717) is 17.3 Å². The van der Waals surface area contributed by atoms with E-state index in [0.717, 1.165) is 0 Å². The van der Waals surface area contributed by atoms with Crippen LogP contribution < -0.4 is 16.4 Å². The van der Waals surface area contributed by atoms with Crippen molar-refractivity contribution in [2.75, 3.05) is 0 Å². The van der Waals surface area contributed by atoms with Crippen molar-refractivity contribution in [1.82, 2.24) is 10.6 Å². The van der Waals surface area contributed by atoms with E-state index in [1.165, 1.54) is 0 Å². The SMILES string of the molecule is CC(C)C[C@H](NC(=O)OC(C)(C)C)C(=S)N[C@H](C(N)=O)C(C)C. The van der Waals surface area contributed by atoms with Crippen molar-refractivity contribution in [1.29, 1.82) is 0 Å². The first kappa shape index (κ1) is 21.6. The fraction of sp³-hybridized carbons (Fsp3) is 0.812. The number of hydrogen-bond acceptors (Lipinski definition) is 4. The zero-order chi connectivity index (χ0) is 18.4. The van der Waals surface area contributed by atoms with Gasteiger partial charge in [0.05, 0.1) is 11.0 Å². The van der Waals surface area contributed by atoms with Crippen LogP contribution in [0.15, 0.2) is 0 Å². The summed E-state index contributed by atoms with van der Waals surface area (Å²) in [5.41, 5.74) is 4.81. The molecule has 0 aliphatic heterocycles. The van der Waals surface area contributed by atoms with E-state index in [4.69, 9.17) is 22.7 Å². The lowest BCUT2D eigenvalue weighted by Crippen LogP contribution is -2.54. The maximum Gasteiger partial charge on any atom is 0.408 e. The van der Waals surface area contributed by atoms with Crippen LogP contribution in [0.3, 0.4) is 0 Å². The van der Waals surface area contributed by atoms with E-state index < -0.39 is 29.7 Å². The lowest BCUT2D eigenvalue weighted by molar-refractivity contribution is -0.120. The van der Waals surface area contributed by atoms with Gasteiger partial charge in [0.25, 0.3) is 0 Å². The van der Waals surface area contributed by atoms with Gasteiger partial charge in [-0.2, -0.15) is 0 Å². The first-order valence-electron chi connectivity index (χ1n) is 7.92. The van der Waals surface area contributed by atoms with Crippen molar-refractivity contribution >= 4 is 29.2 Å². The van der Waals surface area contributed by atoms with Gasteiger partial charge in [-0.05, 0) is 39.0 Å². The molecule has 6 nitrogen and oxygen atoms in total. The largest absolute Gasteiger partial charge is 0.444 e. The predicted octanol–water partition coefficient (Wildman–Crippen LogP) is 2.35. The zero-order valence-electron chi connectivity index (χ0n) is 15.2. The molecule has 2 atom stereocenters. The summed E-state index contributed by atoms with van der Waals surface area (Å²) in [7, 11) is 0. The molecule has 0 aromatic heterocycles. The Labute approximate surface area is 144 Å². The van der Waals surface area contributed by atoms with E-state index in [1.807, 2.05) is 27.7 Å². The summed E-state index contributed by atoms with van der Waals surface area (Å²) >= 11 is 5.38. The molecule has 7 heteroatoms. The van der Waals surface area contributed by atoms with Gasteiger partial charge in [0, 0.05) is 0 Å². The Bertz CT molecular complexity index is 431. The molecule has 134 valence electrons. The summed E-state index contributed by atoms with van der Waals surface area (Å²) in [4.78, 5) is 23.9. The molecule has 0 spiro atoms. The topological polar surface area (TPSA) is 93.4 Å². The van der Waals surface area contributed by atoms with Crippen LogP contribution in [0, 0.1) is 11.8 Å². The summed E-state index contributed by atoms with van der Waals surface area (Å²) in [6.07, 6.45) is 0.0988. The molecule has 2 amide bonds.